The van der Waals surface area contributed by atoms with Gasteiger partial charge in [-0.15, -0.1) is 23.7 Å². The Morgan fingerprint density at radius 1 is 1.20 bits per heavy atom. The van der Waals surface area contributed by atoms with Gasteiger partial charge in [-0.1, -0.05) is 12.1 Å². The molecular weight excluding hydrogens is 424 g/mol. The zero-order chi connectivity index (χ0) is 19.6. The van der Waals surface area contributed by atoms with Crippen molar-refractivity contribution in [2.45, 2.75) is 18.9 Å². The number of rotatable bonds is 4. The van der Waals surface area contributed by atoms with E-state index in [1.807, 2.05) is 24.3 Å². The van der Waals surface area contributed by atoms with Crippen LogP contribution in [0.1, 0.15) is 12.8 Å². The van der Waals surface area contributed by atoms with Crippen molar-refractivity contribution in [2.24, 2.45) is 0 Å². The van der Waals surface area contributed by atoms with Crippen LogP contribution in [0.4, 0.5) is 11.8 Å². The predicted molar refractivity (Wildman–Crippen MR) is 123 cm³/mol. The van der Waals surface area contributed by atoms with Crippen molar-refractivity contribution in [3.63, 3.8) is 0 Å². The largest absolute Gasteiger partial charge is 0.378 e. The van der Waals surface area contributed by atoms with E-state index in [1.54, 1.807) is 0 Å². The lowest BCUT2D eigenvalue weighted by Crippen LogP contribution is -2.40. The van der Waals surface area contributed by atoms with Gasteiger partial charge in [0, 0.05) is 25.7 Å². The Balaban J connectivity index is 0.00000218. The number of aromatic nitrogens is 3. The number of nitrogens with one attached hydrogen (secondary N) is 3. The minimum atomic E-state index is -0.160. The summed E-state index contributed by atoms with van der Waals surface area (Å²) in [6.45, 7) is 4.60. The number of thiazole rings is 1. The van der Waals surface area contributed by atoms with Crippen molar-refractivity contribution in [1.29, 1.82) is 0 Å². The molecule has 5 rings (SSSR count). The second-order valence-corrected chi connectivity index (χ2v) is 8.42. The normalized spacial score (nSPS) is 19.5. The third-order valence-corrected chi connectivity index (χ3v) is 6.42. The van der Waals surface area contributed by atoms with Crippen LogP contribution in [0.2, 0.25) is 0 Å². The molecule has 10 heteroatoms. The Labute approximate surface area is 184 Å². The first-order valence-electron chi connectivity index (χ1n) is 10.1. The third kappa shape index (κ3) is 4.29. The molecule has 8 nitrogen and oxygen atoms in total. The SMILES string of the molecule is Cl.O=c1[nH]c(N2CCOCC2)nc(N[C@H]2CCCNC2)c1-c1nc2ccccc2s1. The number of ether oxygens (including phenoxy) is 1. The van der Waals surface area contributed by atoms with E-state index >= 15 is 0 Å². The highest BCUT2D eigenvalue weighted by atomic mass is 35.5. The first-order valence-corrected chi connectivity index (χ1v) is 10.9. The number of hydrogen-bond donors (Lipinski definition) is 3. The number of para-hydroxylation sites is 1. The van der Waals surface area contributed by atoms with Gasteiger partial charge >= 0.3 is 0 Å². The maximum absolute atomic E-state index is 13.2. The number of H-pyrrole nitrogens is 1. The second kappa shape index (κ2) is 9.30. The Hall–Kier alpha value is -2.20. The third-order valence-electron chi connectivity index (χ3n) is 5.36. The first-order chi connectivity index (χ1) is 14.3. The number of aromatic amines is 1. The smallest absolute Gasteiger partial charge is 0.264 e. The molecule has 4 heterocycles. The van der Waals surface area contributed by atoms with Crippen LogP contribution in [0, 0.1) is 0 Å². The zero-order valence-corrected chi connectivity index (χ0v) is 18.2. The van der Waals surface area contributed by atoms with E-state index < -0.39 is 0 Å². The van der Waals surface area contributed by atoms with Crippen LogP contribution in [0.3, 0.4) is 0 Å². The van der Waals surface area contributed by atoms with Crippen LogP contribution in [-0.2, 0) is 4.74 Å². The molecule has 3 aromatic rings. The van der Waals surface area contributed by atoms with Gasteiger partial charge < -0.3 is 20.3 Å². The Kier molecular flexibility index (Phi) is 6.52. The molecule has 0 radical (unpaired) electrons. The summed E-state index contributed by atoms with van der Waals surface area (Å²) in [7, 11) is 0. The Morgan fingerprint density at radius 2 is 2.03 bits per heavy atom. The van der Waals surface area contributed by atoms with Gasteiger partial charge in [0.15, 0.2) is 0 Å². The number of halogens is 1. The van der Waals surface area contributed by atoms with Crippen molar-refractivity contribution in [1.82, 2.24) is 20.3 Å². The first kappa shape index (κ1) is 21.0. The van der Waals surface area contributed by atoms with Gasteiger partial charge in [-0.2, -0.15) is 4.98 Å². The van der Waals surface area contributed by atoms with Gasteiger partial charge in [-0.05, 0) is 31.5 Å². The van der Waals surface area contributed by atoms with Crippen molar-refractivity contribution in [2.75, 3.05) is 49.6 Å². The lowest BCUT2D eigenvalue weighted by molar-refractivity contribution is 0.122. The molecule has 1 aromatic carbocycles. The van der Waals surface area contributed by atoms with Crippen molar-refractivity contribution < 1.29 is 4.74 Å². The van der Waals surface area contributed by atoms with Gasteiger partial charge in [-0.3, -0.25) is 9.78 Å². The molecule has 2 aliphatic rings. The van der Waals surface area contributed by atoms with Crippen LogP contribution in [0.25, 0.3) is 20.8 Å². The number of morpholine rings is 1. The molecule has 1 atom stereocenters. The van der Waals surface area contributed by atoms with Gasteiger partial charge in [0.05, 0.1) is 23.4 Å². The van der Waals surface area contributed by atoms with Crippen molar-refractivity contribution in [3.05, 3.63) is 34.6 Å². The molecule has 0 unspecified atom stereocenters. The maximum atomic E-state index is 13.2. The molecule has 3 N–H and O–H groups in total. The van der Waals surface area contributed by atoms with Gasteiger partial charge in [0.1, 0.15) is 16.4 Å². The standard InChI is InChI=1S/C20H24N6O2S.ClH/c27-18-16(19-23-14-5-1-2-6-15(14)29-19)17(22-13-4-3-7-21-12-13)24-20(25-18)26-8-10-28-11-9-26;/h1-2,5-6,13,21H,3-4,7-12H2,(H2,22,24,25,27);1H/t13-;/m0./s1. The van der Waals surface area contributed by atoms with Crippen LogP contribution < -0.4 is 21.1 Å². The summed E-state index contributed by atoms with van der Waals surface area (Å²) in [6.07, 6.45) is 2.15. The molecule has 0 bridgehead atoms. The van der Waals surface area contributed by atoms with E-state index in [1.165, 1.54) is 11.3 Å². The number of anilines is 2. The molecule has 0 amide bonds. The van der Waals surface area contributed by atoms with Gasteiger partial charge in [-0.25, -0.2) is 4.98 Å². The lowest BCUT2D eigenvalue weighted by Gasteiger charge is -2.29. The molecule has 2 aromatic heterocycles. The average molecular weight is 449 g/mol. The van der Waals surface area contributed by atoms with Gasteiger partial charge in [0.25, 0.3) is 5.56 Å². The molecule has 160 valence electrons. The fourth-order valence-electron chi connectivity index (χ4n) is 3.84. The molecule has 2 aliphatic heterocycles. The minimum Gasteiger partial charge on any atom is -0.378 e. The number of piperidine rings is 1. The minimum absolute atomic E-state index is 0. The molecule has 30 heavy (non-hydrogen) atoms. The molecular formula is C20H25ClN6O2S. The summed E-state index contributed by atoms with van der Waals surface area (Å²) in [6, 6.07) is 8.18. The Morgan fingerprint density at radius 3 is 2.80 bits per heavy atom. The van der Waals surface area contributed by atoms with Gasteiger partial charge in [0.2, 0.25) is 5.95 Å². The summed E-state index contributed by atoms with van der Waals surface area (Å²) in [4.78, 5) is 27.8. The number of nitrogens with zero attached hydrogens (tertiary/aromatic N) is 3. The topological polar surface area (TPSA) is 95.2 Å². The molecule has 0 aliphatic carbocycles. The quantitative estimate of drug-likeness (QED) is 0.564. The van der Waals surface area contributed by atoms with E-state index in [4.69, 9.17) is 14.7 Å². The summed E-state index contributed by atoms with van der Waals surface area (Å²) >= 11 is 1.52. The van der Waals surface area contributed by atoms with Crippen LogP contribution in [0.5, 0.6) is 0 Å². The maximum Gasteiger partial charge on any atom is 0.264 e. The summed E-state index contributed by atoms with van der Waals surface area (Å²) in [5, 5.41) is 7.63. The fourth-order valence-corrected chi connectivity index (χ4v) is 4.85. The van der Waals surface area contributed by atoms with E-state index in [-0.39, 0.29) is 24.0 Å². The van der Waals surface area contributed by atoms with Crippen LogP contribution >= 0.6 is 23.7 Å². The van der Waals surface area contributed by atoms with E-state index in [2.05, 4.69) is 20.5 Å². The summed E-state index contributed by atoms with van der Waals surface area (Å²) < 4.78 is 6.50. The monoisotopic (exact) mass is 448 g/mol. The zero-order valence-electron chi connectivity index (χ0n) is 16.5. The second-order valence-electron chi connectivity index (χ2n) is 7.39. The van der Waals surface area contributed by atoms with Crippen LogP contribution in [0.15, 0.2) is 29.1 Å². The highest BCUT2D eigenvalue weighted by Crippen LogP contribution is 2.32. The van der Waals surface area contributed by atoms with E-state index in [9.17, 15) is 4.79 Å². The summed E-state index contributed by atoms with van der Waals surface area (Å²) in [5.74, 6) is 1.21. The molecule has 0 saturated carbocycles. The predicted octanol–water partition coefficient (Wildman–Crippen LogP) is 2.47. The number of fused-ring (bicyclic) bond motifs is 1. The van der Waals surface area contributed by atoms with E-state index in [0.717, 1.165) is 36.1 Å². The van der Waals surface area contributed by atoms with Crippen LogP contribution in [-0.4, -0.2) is 60.4 Å². The number of benzene rings is 1. The lowest BCUT2D eigenvalue weighted by atomic mass is 10.1. The molecule has 2 fully saturated rings. The average Bonchev–Trinajstić information content (AvgIpc) is 3.18. The highest BCUT2D eigenvalue weighted by Gasteiger charge is 2.23. The summed E-state index contributed by atoms with van der Waals surface area (Å²) in [5.41, 5.74) is 1.26. The number of hydrogen-bond acceptors (Lipinski definition) is 8. The highest BCUT2D eigenvalue weighted by molar-refractivity contribution is 7.21. The molecule has 2 saturated heterocycles. The van der Waals surface area contributed by atoms with Crippen molar-refractivity contribution >= 4 is 45.7 Å². The Bertz CT molecular complexity index is 1030. The fraction of sp³-hybridized carbons (Fsp3) is 0.450. The van der Waals surface area contributed by atoms with Crippen molar-refractivity contribution in [3.8, 4) is 10.6 Å². The molecule has 0 spiro atoms. The van der Waals surface area contributed by atoms with E-state index in [0.29, 0.717) is 48.6 Å².